The van der Waals surface area contributed by atoms with E-state index in [0.29, 0.717) is 17.7 Å². The van der Waals surface area contributed by atoms with Gasteiger partial charge in [0, 0.05) is 11.8 Å². The fourth-order valence-electron chi connectivity index (χ4n) is 3.80. The predicted octanol–water partition coefficient (Wildman–Crippen LogP) is 7.28. The minimum atomic E-state index is -4.96. The lowest BCUT2D eigenvalue weighted by atomic mass is 9.79. The number of Topliss-reactive ketones (excluding diaryl/α,β-unsaturated/α-hetero) is 1. The van der Waals surface area contributed by atoms with Crippen molar-refractivity contribution >= 4 is 29.0 Å². The Labute approximate surface area is 190 Å². The number of carbonyl (C=O) groups is 1. The van der Waals surface area contributed by atoms with Gasteiger partial charge in [0.1, 0.15) is 0 Å². The van der Waals surface area contributed by atoms with Crippen molar-refractivity contribution in [2.45, 2.75) is 48.0 Å². The zero-order valence-corrected chi connectivity index (χ0v) is 18.2. The van der Waals surface area contributed by atoms with Gasteiger partial charge in [-0.15, -0.1) is 0 Å². The average molecular weight is 499 g/mol. The van der Waals surface area contributed by atoms with Crippen LogP contribution in [0.1, 0.15) is 48.1 Å². The molecule has 0 unspecified atom stereocenters. The predicted molar refractivity (Wildman–Crippen MR) is 108 cm³/mol. The van der Waals surface area contributed by atoms with E-state index in [1.54, 1.807) is 30.3 Å². The molecule has 0 N–H and O–H groups in total. The van der Waals surface area contributed by atoms with E-state index in [9.17, 15) is 31.1 Å². The molecule has 1 aliphatic rings. The smallest absolute Gasteiger partial charge is 0.373 e. The molecular weight excluding hydrogens is 481 g/mol. The number of hydrogen-bond acceptors (Lipinski definition) is 2. The van der Waals surface area contributed by atoms with Gasteiger partial charge in [-0.2, -0.15) is 26.3 Å². The zero-order valence-electron chi connectivity index (χ0n) is 16.7. The van der Waals surface area contributed by atoms with E-state index in [1.165, 1.54) is 6.92 Å². The van der Waals surface area contributed by atoms with Crippen LogP contribution in [0.25, 0.3) is 0 Å². The molecule has 10 heteroatoms. The van der Waals surface area contributed by atoms with E-state index in [-0.39, 0.29) is 31.1 Å². The number of ether oxygens (including phenoxy) is 1. The largest absolute Gasteiger partial charge is 0.416 e. The van der Waals surface area contributed by atoms with Gasteiger partial charge in [-0.3, -0.25) is 4.79 Å². The first-order valence-electron chi connectivity index (χ1n) is 9.52. The van der Waals surface area contributed by atoms with Crippen molar-refractivity contribution in [3.05, 3.63) is 70.8 Å². The summed E-state index contributed by atoms with van der Waals surface area (Å²) in [7, 11) is 0. The first-order valence-corrected chi connectivity index (χ1v) is 10.3. The van der Waals surface area contributed by atoms with Crippen LogP contribution in [0.4, 0.5) is 26.3 Å². The molecule has 0 radical (unpaired) electrons. The van der Waals surface area contributed by atoms with Gasteiger partial charge in [0.25, 0.3) is 0 Å². The van der Waals surface area contributed by atoms with E-state index >= 15 is 0 Å². The first-order chi connectivity index (χ1) is 14.6. The number of carbonyl (C=O) groups excluding carboxylic acids is 1. The highest BCUT2D eigenvalue weighted by Crippen LogP contribution is 2.50. The Kier molecular flexibility index (Phi) is 6.63. The third-order valence-electron chi connectivity index (χ3n) is 5.54. The van der Waals surface area contributed by atoms with Crippen molar-refractivity contribution in [1.82, 2.24) is 0 Å². The highest BCUT2D eigenvalue weighted by Gasteiger charge is 2.54. The number of alkyl halides is 8. The van der Waals surface area contributed by atoms with Crippen molar-refractivity contribution < 1.29 is 35.9 Å². The Morgan fingerprint density at radius 1 is 0.969 bits per heavy atom. The number of rotatable bonds is 5. The molecule has 2 atom stereocenters. The third kappa shape index (κ3) is 5.24. The van der Waals surface area contributed by atoms with Gasteiger partial charge < -0.3 is 4.74 Å². The summed E-state index contributed by atoms with van der Waals surface area (Å²) < 4.78 is 83.1. The molecular formula is C22H18Cl2F6O2. The highest BCUT2D eigenvalue weighted by molar-refractivity contribution is 6.59. The summed E-state index contributed by atoms with van der Waals surface area (Å²) in [5.41, 5.74) is -3.42. The van der Waals surface area contributed by atoms with Crippen molar-refractivity contribution in [1.29, 1.82) is 0 Å². The number of ketones is 1. The molecule has 0 saturated heterocycles. The molecule has 174 valence electrons. The maximum atomic E-state index is 13.2. The molecule has 0 aromatic heterocycles. The quantitative estimate of drug-likeness (QED) is 0.320. The molecule has 3 rings (SSSR count). The van der Waals surface area contributed by atoms with Gasteiger partial charge in [0.2, 0.25) is 0 Å². The fraction of sp³-hybridized carbons (Fsp3) is 0.409. The van der Waals surface area contributed by atoms with E-state index in [1.807, 2.05) is 0 Å². The van der Waals surface area contributed by atoms with Crippen molar-refractivity contribution in [3.8, 4) is 0 Å². The maximum absolute atomic E-state index is 13.2. The molecule has 0 spiro atoms. The molecule has 32 heavy (non-hydrogen) atoms. The summed E-state index contributed by atoms with van der Waals surface area (Å²) in [6.07, 6.45) is -11.1. The summed E-state index contributed by atoms with van der Waals surface area (Å²) in [6, 6.07) is 10.0. The molecule has 1 saturated carbocycles. The lowest BCUT2D eigenvalue weighted by Gasteiger charge is -2.31. The molecule has 1 aliphatic carbocycles. The van der Waals surface area contributed by atoms with Gasteiger partial charge in [0.05, 0.1) is 23.8 Å². The number of halogens is 8. The summed E-state index contributed by atoms with van der Waals surface area (Å²) in [5, 5.41) is 0. The normalized spacial score (nSPS) is 22.2. The second-order valence-electron chi connectivity index (χ2n) is 7.92. The van der Waals surface area contributed by atoms with E-state index in [2.05, 4.69) is 0 Å². The Bertz CT molecular complexity index is 956. The van der Waals surface area contributed by atoms with E-state index in [4.69, 9.17) is 27.9 Å². The Hall–Kier alpha value is -1.77. The lowest BCUT2D eigenvalue weighted by molar-refractivity contribution is -0.143. The van der Waals surface area contributed by atoms with Gasteiger partial charge >= 0.3 is 12.4 Å². The molecule has 2 aromatic rings. The summed E-state index contributed by atoms with van der Waals surface area (Å²) in [5.74, 6) is -0.431. The molecule has 2 nitrogen and oxygen atoms in total. The van der Waals surface area contributed by atoms with Crippen molar-refractivity contribution in [3.63, 3.8) is 0 Å². The minimum Gasteiger partial charge on any atom is -0.373 e. The van der Waals surface area contributed by atoms with E-state index in [0.717, 1.165) is 0 Å². The van der Waals surface area contributed by atoms with Crippen LogP contribution in [0.15, 0.2) is 48.5 Å². The summed E-state index contributed by atoms with van der Waals surface area (Å²) in [4.78, 5) is 12.3. The van der Waals surface area contributed by atoms with Crippen LogP contribution in [0.3, 0.4) is 0 Å². The van der Waals surface area contributed by atoms with Crippen LogP contribution in [0, 0.1) is 0 Å². The highest BCUT2D eigenvalue weighted by atomic mass is 35.5. The average Bonchev–Trinajstić information content (AvgIpc) is 2.94. The second kappa shape index (κ2) is 8.54. The molecule has 2 aromatic carbocycles. The maximum Gasteiger partial charge on any atom is 0.416 e. The van der Waals surface area contributed by atoms with Gasteiger partial charge in [-0.25, -0.2) is 0 Å². The standard InChI is InChI=1S/C22H18Cl2F6O2/c1-13(14-7-16(21(25,26)27)9-17(8-14)22(28,29)30)32-12-19(15-5-3-2-4-6-15)10-18(31)20(23,24)11-19/h2-9,13H,10-12H2,1H3/t13-,19+/m1/s1. The first kappa shape index (κ1) is 24.9. The monoisotopic (exact) mass is 498 g/mol. The van der Waals surface area contributed by atoms with Crippen LogP contribution in [0.5, 0.6) is 0 Å². The number of benzene rings is 2. The molecule has 0 amide bonds. The molecule has 0 bridgehead atoms. The van der Waals surface area contributed by atoms with E-state index < -0.39 is 45.1 Å². The summed E-state index contributed by atoms with van der Waals surface area (Å²) in [6.45, 7) is 1.17. The van der Waals surface area contributed by atoms with Crippen molar-refractivity contribution in [2.75, 3.05) is 6.61 Å². The summed E-state index contributed by atoms with van der Waals surface area (Å²) >= 11 is 12.3. The van der Waals surface area contributed by atoms with Crippen LogP contribution in [0.2, 0.25) is 0 Å². The fourth-order valence-corrected chi connectivity index (χ4v) is 4.44. The van der Waals surface area contributed by atoms with Gasteiger partial charge in [0.15, 0.2) is 10.1 Å². The topological polar surface area (TPSA) is 26.3 Å². The Balaban J connectivity index is 1.92. The Morgan fingerprint density at radius 3 is 1.94 bits per heavy atom. The molecule has 1 fully saturated rings. The van der Waals surface area contributed by atoms with Crippen LogP contribution in [-0.2, 0) is 27.3 Å². The molecule has 0 heterocycles. The second-order valence-corrected chi connectivity index (χ2v) is 9.40. The zero-order chi connectivity index (χ0) is 23.9. The van der Waals surface area contributed by atoms with Gasteiger partial charge in [-0.1, -0.05) is 53.5 Å². The van der Waals surface area contributed by atoms with Crippen molar-refractivity contribution in [2.24, 2.45) is 0 Å². The van der Waals surface area contributed by atoms with Gasteiger partial charge in [-0.05, 0) is 42.7 Å². The van der Waals surface area contributed by atoms with Crippen LogP contribution < -0.4 is 0 Å². The Morgan fingerprint density at radius 2 is 1.50 bits per heavy atom. The minimum absolute atomic E-state index is 0.00489. The van der Waals surface area contributed by atoms with Crippen LogP contribution in [-0.4, -0.2) is 16.7 Å². The molecule has 0 aliphatic heterocycles. The third-order valence-corrected chi connectivity index (χ3v) is 6.23. The number of hydrogen-bond donors (Lipinski definition) is 0. The van der Waals surface area contributed by atoms with Crippen LogP contribution >= 0.6 is 23.2 Å². The lowest BCUT2D eigenvalue weighted by Crippen LogP contribution is -2.31. The SMILES string of the molecule is C[C@@H](OC[C@]1(c2ccccc2)CC(=O)C(Cl)(Cl)C1)c1cc(C(F)(F)F)cc(C(F)(F)F)c1.